The minimum absolute atomic E-state index is 0.0509. The predicted molar refractivity (Wildman–Crippen MR) is 48.2 cm³/mol. The van der Waals surface area contributed by atoms with E-state index in [1.807, 2.05) is 6.07 Å². The summed E-state index contributed by atoms with van der Waals surface area (Å²) < 4.78 is 4.84. The van der Waals surface area contributed by atoms with Gasteiger partial charge in [-0.25, -0.2) is 0 Å². The predicted octanol–water partition coefficient (Wildman–Crippen LogP) is 1.20. The Balaban J connectivity index is 2.87. The van der Waals surface area contributed by atoms with Crippen molar-refractivity contribution in [2.45, 2.75) is 32.6 Å². The van der Waals surface area contributed by atoms with E-state index in [0.29, 0.717) is 19.3 Å². The van der Waals surface area contributed by atoms with Gasteiger partial charge in [0.1, 0.15) is 5.41 Å². The number of carbonyl (C=O) groups is 2. The first kappa shape index (κ1) is 10.7. The molecule has 1 atom stereocenters. The topological polar surface area (TPSA) is 67.2 Å². The molecule has 0 amide bonds. The largest absolute Gasteiger partial charge is 0.465 e. The van der Waals surface area contributed by atoms with E-state index in [9.17, 15) is 9.59 Å². The first-order valence-corrected chi connectivity index (χ1v) is 4.75. The highest BCUT2D eigenvalue weighted by Crippen LogP contribution is 2.38. The number of rotatable bonds is 3. The van der Waals surface area contributed by atoms with Crippen LogP contribution in [0.15, 0.2) is 0 Å². The van der Waals surface area contributed by atoms with Crippen molar-refractivity contribution in [3.05, 3.63) is 0 Å². The molecule has 0 aromatic rings. The molecule has 0 aromatic carbocycles. The van der Waals surface area contributed by atoms with E-state index in [1.54, 1.807) is 6.92 Å². The fourth-order valence-electron chi connectivity index (χ4n) is 1.81. The van der Waals surface area contributed by atoms with Crippen molar-refractivity contribution >= 4 is 11.8 Å². The molecule has 0 aromatic heterocycles. The molecule has 76 valence electrons. The molecule has 1 saturated carbocycles. The highest BCUT2D eigenvalue weighted by molar-refractivity contribution is 6.05. The average molecular weight is 195 g/mol. The molecule has 1 aliphatic carbocycles. The van der Waals surface area contributed by atoms with Gasteiger partial charge in [-0.1, -0.05) is 0 Å². The second kappa shape index (κ2) is 4.23. The minimum Gasteiger partial charge on any atom is -0.465 e. The summed E-state index contributed by atoms with van der Waals surface area (Å²) in [6, 6.07) is 1.90. The smallest absolute Gasteiger partial charge is 0.320 e. The molecule has 0 heterocycles. The lowest BCUT2D eigenvalue weighted by Crippen LogP contribution is -2.36. The van der Waals surface area contributed by atoms with E-state index in [0.717, 1.165) is 0 Å². The van der Waals surface area contributed by atoms with Gasteiger partial charge < -0.3 is 4.74 Å². The van der Waals surface area contributed by atoms with Crippen LogP contribution in [-0.4, -0.2) is 18.4 Å². The SMILES string of the molecule is CCOC(=O)[C@@]1(CC#N)CCCC1=O. The zero-order chi connectivity index (χ0) is 10.6. The normalized spacial score (nSPS) is 25.9. The van der Waals surface area contributed by atoms with Crippen LogP contribution in [0.2, 0.25) is 0 Å². The van der Waals surface area contributed by atoms with Crippen LogP contribution in [0.1, 0.15) is 32.6 Å². The van der Waals surface area contributed by atoms with Crippen LogP contribution in [0.4, 0.5) is 0 Å². The highest BCUT2D eigenvalue weighted by Gasteiger charge is 2.49. The fourth-order valence-corrected chi connectivity index (χ4v) is 1.81. The quantitative estimate of drug-likeness (QED) is 0.501. The second-order valence-electron chi connectivity index (χ2n) is 3.41. The van der Waals surface area contributed by atoms with Crippen molar-refractivity contribution in [1.82, 2.24) is 0 Å². The Kier molecular flexibility index (Phi) is 3.23. The number of nitrogens with zero attached hydrogens (tertiary/aromatic N) is 1. The molecule has 1 aliphatic rings. The van der Waals surface area contributed by atoms with E-state index in [-0.39, 0.29) is 18.8 Å². The summed E-state index contributed by atoms with van der Waals surface area (Å²) in [7, 11) is 0. The van der Waals surface area contributed by atoms with Crippen LogP contribution in [0.25, 0.3) is 0 Å². The van der Waals surface area contributed by atoms with E-state index in [1.165, 1.54) is 0 Å². The van der Waals surface area contributed by atoms with Crippen LogP contribution in [0.5, 0.6) is 0 Å². The van der Waals surface area contributed by atoms with Gasteiger partial charge in [0.15, 0.2) is 5.78 Å². The van der Waals surface area contributed by atoms with Gasteiger partial charge >= 0.3 is 5.97 Å². The zero-order valence-electron chi connectivity index (χ0n) is 8.21. The van der Waals surface area contributed by atoms with Crippen LogP contribution in [0.3, 0.4) is 0 Å². The van der Waals surface area contributed by atoms with Crippen LogP contribution >= 0.6 is 0 Å². The molecule has 0 N–H and O–H groups in total. The number of ether oxygens (including phenoxy) is 1. The molecule has 0 bridgehead atoms. The third-order valence-corrected chi connectivity index (χ3v) is 2.59. The molecule has 0 spiro atoms. The lowest BCUT2D eigenvalue weighted by molar-refractivity contribution is -0.158. The monoisotopic (exact) mass is 195 g/mol. The molecule has 1 rings (SSSR count). The molecule has 1 fully saturated rings. The van der Waals surface area contributed by atoms with Gasteiger partial charge in [-0.15, -0.1) is 0 Å². The molecular formula is C10H13NO3. The summed E-state index contributed by atoms with van der Waals surface area (Å²) in [5, 5.41) is 8.62. The minimum atomic E-state index is -1.15. The van der Waals surface area contributed by atoms with Crippen molar-refractivity contribution in [2.24, 2.45) is 5.41 Å². The number of hydrogen-bond acceptors (Lipinski definition) is 4. The lowest BCUT2D eigenvalue weighted by Gasteiger charge is -2.21. The molecule has 0 aliphatic heterocycles. The van der Waals surface area contributed by atoms with Crippen LogP contribution in [-0.2, 0) is 14.3 Å². The maximum Gasteiger partial charge on any atom is 0.320 e. The van der Waals surface area contributed by atoms with Gasteiger partial charge in [0, 0.05) is 6.42 Å². The van der Waals surface area contributed by atoms with Gasteiger partial charge in [-0.05, 0) is 19.8 Å². The van der Waals surface area contributed by atoms with Crippen molar-refractivity contribution in [1.29, 1.82) is 5.26 Å². The Labute approximate surface area is 82.8 Å². The maximum atomic E-state index is 11.6. The number of Topliss-reactive ketones (excluding diaryl/α,β-unsaturated/α-hetero) is 1. The summed E-state index contributed by atoms with van der Waals surface area (Å²) in [6.07, 6.45) is 1.47. The summed E-state index contributed by atoms with van der Waals surface area (Å²) in [4.78, 5) is 23.1. The molecule has 0 radical (unpaired) electrons. The van der Waals surface area contributed by atoms with Gasteiger partial charge in [0.05, 0.1) is 19.1 Å². The Morgan fingerprint density at radius 2 is 2.43 bits per heavy atom. The molecule has 0 saturated heterocycles. The first-order chi connectivity index (χ1) is 6.67. The third-order valence-electron chi connectivity index (χ3n) is 2.59. The van der Waals surface area contributed by atoms with Gasteiger partial charge in [-0.3, -0.25) is 9.59 Å². The first-order valence-electron chi connectivity index (χ1n) is 4.75. The number of esters is 1. The molecule has 14 heavy (non-hydrogen) atoms. The van der Waals surface area contributed by atoms with Crippen LogP contribution < -0.4 is 0 Å². The number of nitriles is 1. The van der Waals surface area contributed by atoms with E-state index in [4.69, 9.17) is 10.00 Å². The Hall–Kier alpha value is -1.37. The number of carbonyl (C=O) groups excluding carboxylic acids is 2. The van der Waals surface area contributed by atoms with E-state index >= 15 is 0 Å². The fraction of sp³-hybridized carbons (Fsp3) is 0.700. The Morgan fingerprint density at radius 3 is 2.86 bits per heavy atom. The molecule has 4 nitrogen and oxygen atoms in total. The van der Waals surface area contributed by atoms with Crippen molar-refractivity contribution in [3.8, 4) is 6.07 Å². The van der Waals surface area contributed by atoms with Gasteiger partial charge in [-0.2, -0.15) is 5.26 Å². The van der Waals surface area contributed by atoms with Crippen molar-refractivity contribution in [3.63, 3.8) is 0 Å². The van der Waals surface area contributed by atoms with Crippen LogP contribution in [0, 0.1) is 16.7 Å². The Bertz CT molecular complexity index is 292. The third kappa shape index (κ3) is 1.63. The van der Waals surface area contributed by atoms with Crippen molar-refractivity contribution in [2.75, 3.05) is 6.61 Å². The maximum absolute atomic E-state index is 11.6. The van der Waals surface area contributed by atoms with Gasteiger partial charge in [0.25, 0.3) is 0 Å². The highest BCUT2D eigenvalue weighted by atomic mass is 16.5. The van der Waals surface area contributed by atoms with E-state index in [2.05, 4.69) is 0 Å². The average Bonchev–Trinajstić information content (AvgIpc) is 2.50. The lowest BCUT2D eigenvalue weighted by atomic mass is 9.82. The second-order valence-corrected chi connectivity index (χ2v) is 3.41. The number of ketones is 1. The zero-order valence-corrected chi connectivity index (χ0v) is 8.21. The summed E-state index contributed by atoms with van der Waals surface area (Å²) >= 11 is 0. The summed E-state index contributed by atoms with van der Waals surface area (Å²) in [6.45, 7) is 1.94. The van der Waals surface area contributed by atoms with Crippen molar-refractivity contribution < 1.29 is 14.3 Å². The molecule has 4 heteroatoms. The summed E-state index contributed by atoms with van der Waals surface area (Å²) in [5.74, 6) is -0.665. The molecule has 0 unspecified atom stereocenters. The van der Waals surface area contributed by atoms with Gasteiger partial charge in [0.2, 0.25) is 0 Å². The number of hydrogen-bond donors (Lipinski definition) is 0. The Morgan fingerprint density at radius 1 is 1.71 bits per heavy atom. The summed E-state index contributed by atoms with van der Waals surface area (Å²) in [5.41, 5.74) is -1.15. The standard InChI is InChI=1S/C10H13NO3/c1-2-14-9(13)10(6-7-11)5-3-4-8(10)12/h2-6H2,1H3/t10-/m1/s1. The van der Waals surface area contributed by atoms with E-state index < -0.39 is 11.4 Å². The molecular weight excluding hydrogens is 182 g/mol.